The van der Waals surface area contributed by atoms with Gasteiger partial charge in [-0.2, -0.15) is 0 Å². The lowest BCUT2D eigenvalue weighted by Crippen LogP contribution is -2.08. The topological polar surface area (TPSA) is 59.6 Å². The number of halogens is 1. The molecule has 5 aromatic rings. The molecule has 27 heavy (non-hydrogen) atoms. The quantitative estimate of drug-likeness (QED) is 0.383. The summed E-state index contributed by atoms with van der Waals surface area (Å²) >= 11 is 5.27. The minimum Gasteiger partial charge on any atom is -0.360 e. The molecule has 0 bridgehead atoms. The second-order valence-corrected chi connectivity index (χ2v) is 8.25. The van der Waals surface area contributed by atoms with Crippen molar-refractivity contribution in [1.82, 2.24) is 14.5 Å². The Bertz CT molecular complexity index is 1260. The molecule has 0 radical (unpaired) electrons. The predicted octanol–water partition coefficient (Wildman–Crippen LogP) is 5.63. The molecular weight excluding hydrogens is 420 g/mol. The summed E-state index contributed by atoms with van der Waals surface area (Å²) in [6, 6.07) is 14.7. The molecule has 134 valence electrons. The van der Waals surface area contributed by atoms with Gasteiger partial charge in [0.05, 0.1) is 5.69 Å². The Morgan fingerprint density at radius 3 is 2.89 bits per heavy atom. The maximum absolute atomic E-state index is 5.80. The Balaban J connectivity index is 1.65. The molecule has 0 amide bonds. The van der Waals surface area contributed by atoms with Gasteiger partial charge in [-0.25, -0.2) is 4.98 Å². The Kier molecular flexibility index (Phi) is 4.11. The van der Waals surface area contributed by atoms with Gasteiger partial charge in [0.25, 0.3) is 0 Å². The molecule has 0 aliphatic heterocycles. The number of H-pyrrole nitrogens is 1. The van der Waals surface area contributed by atoms with Crippen molar-refractivity contribution in [3.63, 3.8) is 0 Å². The summed E-state index contributed by atoms with van der Waals surface area (Å²) in [7, 11) is 0. The number of aromatic amines is 1. The van der Waals surface area contributed by atoms with Gasteiger partial charge >= 0.3 is 0 Å². The number of rotatable bonds is 4. The van der Waals surface area contributed by atoms with Crippen LogP contribution in [0.25, 0.3) is 43.6 Å². The lowest BCUT2D eigenvalue weighted by atomic mass is 10.1. The zero-order valence-corrected chi connectivity index (χ0v) is 16.8. The molecule has 2 aromatic carbocycles. The van der Waals surface area contributed by atoms with E-state index in [1.165, 1.54) is 16.3 Å². The minimum atomic E-state index is 0.609. The van der Waals surface area contributed by atoms with Crippen LogP contribution in [0, 0.1) is 0 Å². The van der Waals surface area contributed by atoms with Crippen LogP contribution in [0.2, 0.25) is 0 Å². The maximum Gasteiger partial charge on any atom is 0.126 e. The number of benzene rings is 2. The van der Waals surface area contributed by atoms with Crippen molar-refractivity contribution < 1.29 is 0 Å². The van der Waals surface area contributed by atoms with Gasteiger partial charge in [-0.15, -0.1) is 11.3 Å². The predicted molar refractivity (Wildman–Crippen MR) is 117 cm³/mol. The Hall–Kier alpha value is -2.41. The molecule has 6 heteroatoms. The molecule has 4 nitrogen and oxygen atoms in total. The maximum atomic E-state index is 5.80. The van der Waals surface area contributed by atoms with Crippen molar-refractivity contribution in [1.29, 1.82) is 0 Å². The van der Waals surface area contributed by atoms with E-state index in [4.69, 9.17) is 10.7 Å². The van der Waals surface area contributed by atoms with E-state index in [2.05, 4.69) is 73.5 Å². The number of nitrogens with two attached hydrogens (primary N) is 1. The van der Waals surface area contributed by atoms with Gasteiger partial charge in [-0.3, -0.25) is 0 Å². The zero-order valence-electron chi connectivity index (χ0n) is 14.4. The highest BCUT2D eigenvalue weighted by Gasteiger charge is 2.15. The van der Waals surface area contributed by atoms with E-state index < -0.39 is 0 Å². The van der Waals surface area contributed by atoms with Crippen molar-refractivity contribution >= 4 is 49.1 Å². The van der Waals surface area contributed by atoms with Crippen molar-refractivity contribution in [2.24, 2.45) is 5.73 Å². The first-order valence-corrected chi connectivity index (χ1v) is 10.4. The largest absolute Gasteiger partial charge is 0.360 e. The number of hydrogen-bond donors (Lipinski definition) is 2. The molecule has 0 aliphatic rings. The van der Waals surface area contributed by atoms with Crippen LogP contribution in [0.3, 0.4) is 0 Å². The van der Waals surface area contributed by atoms with Gasteiger partial charge in [0.1, 0.15) is 5.01 Å². The number of aromatic nitrogens is 3. The van der Waals surface area contributed by atoms with Gasteiger partial charge in [-0.1, -0.05) is 34.1 Å². The van der Waals surface area contributed by atoms with Crippen molar-refractivity contribution in [3.05, 3.63) is 64.7 Å². The van der Waals surface area contributed by atoms with E-state index in [-0.39, 0.29) is 0 Å². The molecule has 3 heterocycles. The van der Waals surface area contributed by atoms with Crippen LogP contribution in [0.15, 0.2) is 64.7 Å². The third-order valence-electron chi connectivity index (χ3n) is 4.81. The molecule has 5 rings (SSSR count). The Morgan fingerprint density at radius 1 is 1.11 bits per heavy atom. The van der Waals surface area contributed by atoms with E-state index in [1.54, 1.807) is 11.3 Å². The standard InChI is InChI=1S/C21H17BrN4S/c22-13-5-6-20-15(9-13)17(11-26(20)8-7-23)21-25-19(12-27-21)16-10-24-18-4-2-1-3-14(16)18/h1-6,9-12,24H,7-8,23H2. The fourth-order valence-electron chi connectivity index (χ4n) is 3.57. The monoisotopic (exact) mass is 436 g/mol. The number of thiazole rings is 1. The lowest BCUT2D eigenvalue weighted by Gasteiger charge is -2.01. The molecule has 3 aromatic heterocycles. The minimum absolute atomic E-state index is 0.609. The number of para-hydroxylation sites is 1. The van der Waals surface area contributed by atoms with Crippen LogP contribution < -0.4 is 5.73 Å². The second kappa shape index (κ2) is 6.64. The summed E-state index contributed by atoms with van der Waals surface area (Å²) in [4.78, 5) is 8.30. The molecule has 0 spiro atoms. The third-order valence-corrected chi connectivity index (χ3v) is 6.18. The number of fused-ring (bicyclic) bond motifs is 2. The summed E-state index contributed by atoms with van der Waals surface area (Å²) in [6.45, 7) is 1.40. The zero-order chi connectivity index (χ0) is 18.4. The average Bonchev–Trinajstić information content (AvgIpc) is 3.38. The molecular formula is C21H17BrN4S. The van der Waals surface area contributed by atoms with E-state index >= 15 is 0 Å². The summed E-state index contributed by atoms with van der Waals surface area (Å²) in [5.41, 5.74) is 11.4. The highest BCUT2D eigenvalue weighted by atomic mass is 79.9. The summed E-state index contributed by atoms with van der Waals surface area (Å²) in [5, 5.41) is 5.55. The van der Waals surface area contributed by atoms with Crippen LogP contribution in [-0.2, 0) is 6.54 Å². The normalized spacial score (nSPS) is 11.6. The molecule has 0 unspecified atom stereocenters. The van der Waals surface area contributed by atoms with Crippen molar-refractivity contribution in [3.8, 4) is 21.8 Å². The van der Waals surface area contributed by atoms with Gasteiger partial charge < -0.3 is 15.3 Å². The highest BCUT2D eigenvalue weighted by molar-refractivity contribution is 9.10. The number of nitrogens with zero attached hydrogens (tertiary/aromatic N) is 2. The highest BCUT2D eigenvalue weighted by Crippen LogP contribution is 2.37. The van der Waals surface area contributed by atoms with E-state index in [0.29, 0.717) is 6.54 Å². The fraction of sp³-hybridized carbons (Fsp3) is 0.0952. The van der Waals surface area contributed by atoms with Gasteiger partial charge in [0.2, 0.25) is 0 Å². The first kappa shape index (κ1) is 16.7. The van der Waals surface area contributed by atoms with Crippen LogP contribution in [-0.4, -0.2) is 21.1 Å². The van der Waals surface area contributed by atoms with Crippen LogP contribution in [0.4, 0.5) is 0 Å². The smallest absolute Gasteiger partial charge is 0.126 e. The van der Waals surface area contributed by atoms with Crippen LogP contribution in [0.1, 0.15) is 0 Å². The number of nitrogens with one attached hydrogen (secondary N) is 1. The van der Waals surface area contributed by atoms with Gasteiger partial charge in [-0.05, 0) is 24.3 Å². The molecule has 0 saturated heterocycles. The first-order valence-electron chi connectivity index (χ1n) is 8.75. The summed E-state index contributed by atoms with van der Waals surface area (Å²) in [6.07, 6.45) is 4.21. The van der Waals surface area contributed by atoms with E-state index in [0.717, 1.165) is 38.4 Å². The Morgan fingerprint density at radius 2 is 2.00 bits per heavy atom. The van der Waals surface area contributed by atoms with Gasteiger partial charge in [0.15, 0.2) is 0 Å². The van der Waals surface area contributed by atoms with E-state index in [1.807, 2.05) is 12.3 Å². The third kappa shape index (κ3) is 2.81. The van der Waals surface area contributed by atoms with Crippen LogP contribution in [0.5, 0.6) is 0 Å². The molecule has 0 saturated carbocycles. The summed E-state index contributed by atoms with van der Waals surface area (Å²) in [5.74, 6) is 0. The molecule has 0 aliphatic carbocycles. The number of hydrogen-bond acceptors (Lipinski definition) is 3. The van der Waals surface area contributed by atoms with Crippen LogP contribution >= 0.6 is 27.3 Å². The Labute approximate surface area is 168 Å². The first-order chi connectivity index (χ1) is 13.2. The SMILES string of the molecule is NCCn1cc(-c2nc(-c3c[nH]c4ccccc34)cs2)c2cc(Br)ccc21. The van der Waals surface area contributed by atoms with Gasteiger partial charge in [0, 0.05) is 68.3 Å². The molecule has 0 atom stereocenters. The lowest BCUT2D eigenvalue weighted by molar-refractivity contribution is 0.736. The fourth-order valence-corrected chi connectivity index (χ4v) is 4.77. The molecule has 3 N–H and O–H groups in total. The average molecular weight is 437 g/mol. The van der Waals surface area contributed by atoms with Crippen molar-refractivity contribution in [2.75, 3.05) is 6.54 Å². The molecule has 0 fully saturated rings. The van der Waals surface area contributed by atoms with E-state index in [9.17, 15) is 0 Å². The summed E-state index contributed by atoms with van der Waals surface area (Å²) < 4.78 is 3.28. The van der Waals surface area contributed by atoms with Crippen molar-refractivity contribution in [2.45, 2.75) is 6.54 Å². The second-order valence-electron chi connectivity index (χ2n) is 6.47.